The minimum Gasteiger partial charge on any atom is -0.306 e. The Morgan fingerprint density at radius 2 is 2.00 bits per heavy atom. The Kier molecular flexibility index (Phi) is 3.40. The largest absolute Gasteiger partial charge is 0.323 e. The van der Waals surface area contributed by atoms with Crippen molar-refractivity contribution in [1.29, 1.82) is 0 Å². The molecule has 8 heteroatoms. The average molecular weight is 349 g/mol. The van der Waals surface area contributed by atoms with E-state index < -0.39 is 10.0 Å². The Hall–Kier alpha value is -1.90. The van der Waals surface area contributed by atoms with Gasteiger partial charge < -0.3 is 9.97 Å². The predicted octanol–water partition coefficient (Wildman–Crippen LogP) is 2.44. The van der Waals surface area contributed by atoms with E-state index in [2.05, 4.69) is 9.97 Å². The first-order valence-electron chi connectivity index (χ1n) is 7.33. The maximum Gasteiger partial charge on any atom is 0.323 e. The summed E-state index contributed by atoms with van der Waals surface area (Å²) in [5, 5.41) is 1.97. The highest BCUT2D eigenvalue weighted by molar-refractivity contribution is 7.89. The molecule has 3 aromatic rings. The summed E-state index contributed by atoms with van der Waals surface area (Å²) in [5.41, 5.74) is 0.764. The molecule has 0 saturated carbocycles. The molecule has 1 fully saturated rings. The van der Waals surface area contributed by atoms with Gasteiger partial charge in [-0.3, -0.25) is 0 Å². The Bertz CT molecular complexity index is 1000. The molecule has 0 aliphatic carbocycles. The van der Waals surface area contributed by atoms with Crippen molar-refractivity contribution in [3.63, 3.8) is 0 Å². The first-order chi connectivity index (χ1) is 11.1. The number of sulfonamides is 1. The number of hydrogen-bond acceptors (Lipinski definition) is 4. The van der Waals surface area contributed by atoms with Crippen molar-refractivity contribution in [2.45, 2.75) is 23.8 Å². The number of aromatic amines is 2. The van der Waals surface area contributed by atoms with Gasteiger partial charge in [0.25, 0.3) is 0 Å². The third-order valence-electron chi connectivity index (χ3n) is 4.17. The molecule has 23 heavy (non-hydrogen) atoms. The summed E-state index contributed by atoms with van der Waals surface area (Å²) >= 11 is 1.58. The Labute approximate surface area is 136 Å². The highest BCUT2D eigenvalue weighted by atomic mass is 32.2. The van der Waals surface area contributed by atoms with Crippen molar-refractivity contribution >= 4 is 32.4 Å². The lowest BCUT2D eigenvalue weighted by Crippen LogP contribution is -2.30. The van der Waals surface area contributed by atoms with E-state index in [1.807, 2.05) is 17.5 Å². The molecule has 4 rings (SSSR count). The summed E-state index contributed by atoms with van der Waals surface area (Å²) in [6.07, 6.45) is 1.69. The van der Waals surface area contributed by atoms with Crippen LogP contribution in [0.3, 0.4) is 0 Å². The molecular weight excluding hydrogens is 334 g/mol. The quantitative estimate of drug-likeness (QED) is 0.761. The summed E-state index contributed by atoms with van der Waals surface area (Å²) in [6.45, 7) is 0.520. The van der Waals surface area contributed by atoms with E-state index in [0.29, 0.717) is 17.6 Å². The summed E-state index contributed by atoms with van der Waals surface area (Å²) in [6, 6.07) is 8.52. The second-order valence-electron chi connectivity index (χ2n) is 5.58. The van der Waals surface area contributed by atoms with Gasteiger partial charge >= 0.3 is 5.69 Å². The molecule has 1 aliphatic heterocycles. The van der Waals surface area contributed by atoms with Crippen LogP contribution in [0.2, 0.25) is 0 Å². The van der Waals surface area contributed by atoms with E-state index in [1.165, 1.54) is 6.07 Å². The second-order valence-corrected chi connectivity index (χ2v) is 8.45. The van der Waals surface area contributed by atoms with Crippen molar-refractivity contribution in [2.24, 2.45) is 0 Å². The third-order valence-corrected chi connectivity index (χ3v) is 7.05. The maximum atomic E-state index is 13.0. The fraction of sp³-hybridized carbons (Fsp3) is 0.267. The molecule has 1 aliphatic rings. The van der Waals surface area contributed by atoms with E-state index in [0.717, 1.165) is 17.7 Å². The smallest absolute Gasteiger partial charge is 0.306 e. The molecule has 1 aromatic carbocycles. The molecule has 0 spiro atoms. The van der Waals surface area contributed by atoms with Gasteiger partial charge in [-0.1, -0.05) is 6.07 Å². The number of nitrogens with zero attached hydrogens (tertiary/aromatic N) is 1. The number of nitrogens with one attached hydrogen (secondary N) is 2. The highest BCUT2D eigenvalue weighted by Gasteiger charge is 2.36. The van der Waals surface area contributed by atoms with Crippen LogP contribution in [0.25, 0.3) is 11.0 Å². The standard InChI is InChI=1S/C15H15N3O3S2/c19-15-16-11-6-5-10(9-12(11)17-15)23(20,21)18-7-1-3-13(18)14-4-2-8-22-14/h2,4-6,8-9,13H,1,3,7H2,(H2,16,17,19)/t13-/m1/s1. The molecule has 120 valence electrons. The summed E-state index contributed by atoms with van der Waals surface area (Å²) < 4.78 is 27.6. The summed E-state index contributed by atoms with van der Waals surface area (Å²) in [4.78, 5) is 17.9. The average Bonchev–Trinajstić information content (AvgIpc) is 3.25. The monoisotopic (exact) mass is 349 g/mol. The molecule has 6 nitrogen and oxygen atoms in total. The first kappa shape index (κ1) is 14.7. The van der Waals surface area contributed by atoms with Crippen molar-refractivity contribution in [3.8, 4) is 0 Å². The minimum atomic E-state index is -3.59. The van der Waals surface area contributed by atoms with Crippen LogP contribution in [0.5, 0.6) is 0 Å². The molecule has 2 aromatic heterocycles. The van der Waals surface area contributed by atoms with Gasteiger partial charge in [0.2, 0.25) is 10.0 Å². The molecule has 3 heterocycles. The van der Waals surface area contributed by atoms with Gasteiger partial charge in [-0.15, -0.1) is 11.3 Å². The van der Waals surface area contributed by atoms with Crippen LogP contribution in [-0.2, 0) is 10.0 Å². The molecule has 2 N–H and O–H groups in total. The van der Waals surface area contributed by atoms with E-state index in [1.54, 1.807) is 27.8 Å². The molecule has 0 amide bonds. The topological polar surface area (TPSA) is 86.0 Å². The molecule has 0 radical (unpaired) electrons. The Balaban J connectivity index is 1.77. The molecule has 1 atom stereocenters. The predicted molar refractivity (Wildman–Crippen MR) is 89.1 cm³/mol. The lowest BCUT2D eigenvalue weighted by molar-refractivity contribution is 0.401. The normalized spacial score (nSPS) is 19.6. The number of imidazole rings is 1. The zero-order valence-electron chi connectivity index (χ0n) is 12.2. The van der Waals surface area contributed by atoms with Gasteiger partial charge in [-0.25, -0.2) is 13.2 Å². The lowest BCUT2D eigenvalue weighted by atomic mass is 10.2. The fourth-order valence-electron chi connectivity index (χ4n) is 3.10. The zero-order chi connectivity index (χ0) is 16.0. The van der Waals surface area contributed by atoms with Crippen LogP contribution < -0.4 is 5.69 Å². The number of thiophene rings is 1. The first-order valence-corrected chi connectivity index (χ1v) is 9.65. The van der Waals surface area contributed by atoms with Crippen LogP contribution in [0.15, 0.2) is 45.4 Å². The van der Waals surface area contributed by atoms with Crippen LogP contribution in [0.1, 0.15) is 23.8 Å². The van der Waals surface area contributed by atoms with Crippen LogP contribution in [0.4, 0.5) is 0 Å². The van der Waals surface area contributed by atoms with E-state index >= 15 is 0 Å². The van der Waals surface area contributed by atoms with Gasteiger partial charge in [-0.2, -0.15) is 4.31 Å². The number of aromatic nitrogens is 2. The SMILES string of the molecule is O=c1[nH]c2ccc(S(=O)(=O)N3CCC[C@@H]3c3cccs3)cc2[nH]1. The van der Waals surface area contributed by atoms with Gasteiger partial charge in [0, 0.05) is 11.4 Å². The zero-order valence-corrected chi connectivity index (χ0v) is 13.8. The fourth-order valence-corrected chi connectivity index (χ4v) is 5.74. The lowest BCUT2D eigenvalue weighted by Gasteiger charge is -2.23. The molecular formula is C15H15N3O3S2. The van der Waals surface area contributed by atoms with Gasteiger partial charge in [0.05, 0.1) is 22.0 Å². The van der Waals surface area contributed by atoms with Crippen LogP contribution in [-0.4, -0.2) is 29.2 Å². The van der Waals surface area contributed by atoms with Gasteiger partial charge in [0.1, 0.15) is 0 Å². The van der Waals surface area contributed by atoms with Crippen molar-refractivity contribution in [2.75, 3.05) is 6.54 Å². The highest BCUT2D eigenvalue weighted by Crippen LogP contribution is 2.38. The van der Waals surface area contributed by atoms with E-state index in [4.69, 9.17) is 0 Å². The second kappa shape index (κ2) is 5.33. The molecule has 0 bridgehead atoms. The minimum absolute atomic E-state index is 0.0963. The van der Waals surface area contributed by atoms with Crippen LogP contribution in [0, 0.1) is 0 Å². The van der Waals surface area contributed by atoms with Gasteiger partial charge in [-0.05, 0) is 42.5 Å². The molecule has 0 unspecified atom stereocenters. The van der Waals surface area contributed by atoms with E-state index in [-0.39, 0.29) is 16.6 Å². The Morgan fingerprint density at radius 1 is 1.17 bits per heavy atom. The Morgan fingerprint density at radius 3 is 2.78 bits per heavy atom. The number of H-pyrrole nitrogens is 2. The third kappa shape index (κ3) is 2.43. The van der Waals surface area contributed by atoms with Crippen molar-refractivity contribution in [1.82, 2.24) is 14.3 Å². The van der Waals surface area contributed by atoms with Crippen molar-refractivity contribution < 1.29 is 8.42 Å². The number of rotatable bonds is 3. The van der Waals surface area contributed by atoms with E-state index in [9.17, 15) is 13.2 Å². The number of fused-ring (bicyclic) bond motifs is 1. The summed E-state index contributed by atoms with van der Waals surface area (Å²) in [5.74, 6) is 0. The van der Waals surface area contributed by atoms with Gasteiger partial charge in [0.15, 0.2) is 0 Å². The molecule has 1 saturated heterocycles. The maximum absolute atomic E-state index is 13.0. The number of hydrogen-bond donors (Lipinski definition) is 2. The van der Waals surface area contributed by atoms with Crippen LogP contribution >= 0.6 is 11.3 Å². The van der Waals surface area contributed by atoms with Crippen molar-refractivity contribution in [3.05, 3.63) is 51.1 Å². The summed E-state index contributed by atoms with van der Waals surface area (Å²) in [7, 11) is -3.59. The number of benzene rings is 1.